The Morgan fingerprint density at radius 3 is 2.35 bits per heavy atom. The largest absolute Gasteiger partial charge is 0.384 e. The van der Waals surface area contributed by atoms with Crippen LogP contribution in [0.4, 0.5) is 0 Å². The van der Waals surface area contributed by atoms with Crippen molar-refractivity contribution in [3.05, 3.63) is 63.6 Å². The van der Waals surface area contributed by atoms with Gasteiger partial charge in [-0.1, -0.05) is 58.0 Å². The second kappa shape index (κ2) is 16.5. The normalized spacial score (nSPS) is 19.9. The zero-order valence-corrected chi connectivity index (χ0v) is 30.6. The lowest BCUT2D eigenvalue weighted by atomic mass is 9.92. The Morgan fingerprint density at radius 2 is 1.69 bits per heavy atom. The van der Waals surface area contributed by atoms with E-state index in [1.54, 1.807) is 26.2 Å². The Hall–Kier alpha value is -4.17. The minimum Gasteiger partial charge on any atom is -0.384 e. The predicted octanol–water partition coefficient (Wildman–Crippen LogP) is 3.62. The van der Waals surface area contributed by atoms with Gasteiger partial charge in [0.05, 0.1) is 30.7 Å². The molecule has 0 spiro atoms. The van der Waals surface area contributed by atoms with Crippen molar-refractivity contribution in [3.8, 4) is 0 Å². The van der Waals surface area contributed by atoms with Gasteiger partial charge in [-0.15, -0.1) is 11.3 Å². The lowest BCUT2D eigenvalue weighted by molar-refractivity contribution is -0.147. The van der Waals surface area contributed by atoms with Gasteiger partial charge in [-0.25, -0.2) is 14.6 Å². The van der Waals surface area contributed by atoms with E-state index < -0.39 is 29.4 Å². The quantitative estimate of drug-likeness (QED) is 0.323. The van der Waals surface area contributed by atoms with Gasteiger partial charge in [0.25, 0.3) is 5.91 Å². The first-order chi connectivity index (χ1) is 23.2. The van der Waals surface area contributed by atoms with Crippen LogP contribution in [0.3, 0.4) is 0 Å². The predicted molar refractivity (Wildman–Crippen MR) is 187 cm³/mol. The average Bonchev–Trinajstić information content (AvgIpc) is 3.66. The highest BCUT2D eigenvalue weighted by Crippen LogP contribution is 2.27. The molecule has 1 aliphatic heterocycles. The summed E-state index contributed by atoms with van der Waals surface area (Å²) in [6.45, 7) is 13.1. The van der Waals surface area contributed by atoms with Crippen molar-refractivity contribution in [2.75, 3.05) is 26.8 Å². The summed E-state index contributed by atoms with van der Waals surface area (Å²) in [6, 6.07) is 8.11. The standard InChI is InChI=1S/C35H50N8O5S/c1-21(2)14-26-33-40-28(19-49-33)32(46)39-25(15-24-12-10-9-11-13-24)31-36-23(5)41-43(31)18-30(45)38-27(22(3)4)16-42(17-29(44)37-26)34(47)35(6,7)20-48-8/h9-13,19,21-22,25-27H,14-18,20H2,1-8H3,(H,37,44)(H,38,45)(H,39,46)/t25-,26-,27+/m0/s1. The molecule has 0 saturated heterocycles. The number of rotatable bonds is 8. The molecule has 49 heavy (non-hydrogen) atoms. The van der Waals surface area contributed by atoms with Gasteiger partial charge in [-0.3, -0.25) is 19.2 Å². The summed E-state index contributed by atoms with van der Waals surface area (Å²) < 4.78 is 6.86. The Kier molecular flexibility index (Phi) is 12.7. The Balaban J connectivity index is 1.79. The van der Waals surface area contributed by atoms with Gasteiger partial charge in [0.15, 0.2) is 5.82 Å². The average molecular weight is 695 g/mol. The maximum atomic E-state index is 14.0. The van der Waals surface area contributed by atoms with E-state index >= 15 is 0 Å². The van der Waals surface area contributed by atoms with E-state index in [1.807, 2.05) is 58.0 Å². The molecule has 0 aliphatic carbocycles. The molecule has 266 valence electrons. The highest BCUT2D eigenvalue weighted by atomic mass is 32.1. The molecule has 14 heteroatoms. The van der Waals surface area contributed by atoms with Crippen molar-refractivity contribution in [1.82, 2.24) is 40.6 Å². The molecule has 13 nitrogen and oxygen atoms in total. The van der Waals surface area contributed by atoms with Crippen LogP contribution < -0.4 is 16.0 Å². The maximum absolute atomic E-state index is 14.0. The third-order valence-corrected chi connectivity index (χ3v) is 9.33. The molecule has 3 aromatic rings. The lowest BCUT2D eigenvalue weighted by Gasteiger charge is -2.35. The number of thiazole rings is 1. The summed E-state index contributed by atoms with van der Waals surface area (Å²) in [5, 5.41) is 16.1. The van der Waals surface area contributed by atoms with Gasteiger partial charge in [0.2, 0.25) is 17.7 Å². The van der Waals surface area contributed by atoms with Crippen molar-refractivity contribution in [3.63, 3.8) is 0 Å². The Bertz CT molecular complexity index is 1600. The van der Waals surface area contributed by atoms with Gasteiger partial charge in [0.1, 0.15) is 23.1 Å². The second-order valence-electron chi connectivity index (χ2n) is 14.1. The van der Waals surface area contributed by atoms with Crippen LogP contribution in [0.15, 0.2) is 35.7 Å². The third-order valence-electron chi connectivity index (χ3n) is 8.37. The number of carbonyl (C=O) groups excluding carboxylic acids is 4. The molecule has 2 bridgehead atoms. The highest BCUT2D eigenvalue weighted by molar-refractivity contribution is 7.09. The van der Waals surface area contributed by atoms with Crippen molar-refractivity contribution in [2.45, 2.75) is 86.0 Å². The molecule has 0 fully saturated rings. The first-order valence-corrected chi connectivity index (χ1v) is 17.6. The van der Waals surface area contributed by atoms with Crippen LogP contribution >= 0.6 is 11.3 Å². The number of fused-ring (bicyclic) bond motifs is 3. The van der Waals surface area contributed by atoms with Crippen LogP contribution in [0.1, 0.15) is 92.8 Å². The first-order valence-electron chi connectivity index (χ1n) is 16.7. The van der Waals surface area contributed by atoms with Crippen LogP contribution in [0.25, 0.3) is 0 Å². The number of hydrogen-bond acceptors (Lipinski definition) is 9. The van der Waals surface area contributed by atoms with Crippen molar-refractivity contribution < 1.29 is 23.9 Å². The fraction of sp³-hybridized carbons (Fsp3) is 0.571. The lowest BCUT2D eigenvalue weighted by Crippen LogP contribution is -2.54. The van der Waals surface area contributed by atoms with Gasteiger partial charge >= 0.3 is 0 Å². The monoisotopic (exact) mass is 694 g/mol. The fourth-order valence-electron chi connectivity index (χ4n) is 5.91. The minimum absolute atomic E-state index is 0.0806. The second-order valence-corrected chi connectivity index (χ2v) is 15.0. The van der Waals surface area contributed by atoms with Crippen LogP contribution in [0, 0.1) is 24.2 Å². The minimum atomic E-state index is -0.923. The zero-order chi connectivity index (χ0) is 35.9. The van der Waals surface area contributed by atoms with E-state index in [-0.39, 0.29) is 61.5 Å². The van der Waals surface area contributed by atoms with Crippen LogP contribution in [0.5, 0.6) is 0 Å². The fourth-order valence-corrected chi connectivity index (χ4v) is 6.77. The van der Waals surface area contributed by atoms with E-state index in [2.05, 4.69) is 31.0 Å². The van der Waals surface area contributed by atoms with E-state index in [4.69, 9.17) is 4.74 Å². The molecule has 0 radical (unpaired) electrons. The molecular weight excluding hydrogens is 645 g/mol. The molecule has 1 aromatic carbocycles. The number of aryl methyl sites for hydroxylation is 1. The number of methoxy groups -OCH3 is 1. The molecule has 4 rings (SSSR count). The summed E-state index contributed by atoms with van der Waals surface area (Å²) in [5.41, 5.74) is 0.250. The molecule has 0 unspecified atom stereocenters. The van der Waals surface area contributed by atoms with Crippen LogP contribution in [-0.2, 0) is 32.1 Å². The number of carbonyl (C=O) groups is 4. The van der Waals surface area contributed by atoms with E-state index in [0.29, 0.717) is 29.5 Å². The van der Waals surface area contributed by atoms with Crippen LogP contribution in [0.2, 0.25) is 0 Å². The summed E-state index contributed by atoms with van der Waals surface area (Å²) in [4.78, 5) is 65.9. The summed E-state index contributed by atoms with van der Waals surface area (Å²) in [7, 11) is 1.53. The van der Waals surface area contributed by atoms with E-state index in [1.165, 1.54) is 28.0 Å². The Labute approximate surface area is 292 Å². The molecule has 3 N–H and O–H groups in total. The number of aromatic nitrogens is 4. The number of nitrogens with one attached hydrogen (secondary N) is 3. The third kappa shape index (κ3) is 10.2. The summed E-state index contributed by atoms with van der Waals surface area (Å²) >= 11 is 1.30. The van der Waals surface area contributed by atoms with E-state index in [0.717, 1.165) is 5.56 Å². The topological polar surface area (TPSA) is 160 Å². The van der Waals surface area contributed by atoms with Crippen molar-refractivity contribution >= 4 is 35.0 Å². The number of ether oxygens (including phenoxy) is 1. The molecule has 2 aromatic heterocycles. The van der Waals surface area contributed by atoms with Gasteiger partial charge < -0.3 is 25.6 Å². The number of nitrogens with zero attached hydrogens (tertiary/aromatic N) is 5. The van der Waals surface area contributed by atoms with Crippen molar-refractivity contribution in [2.24, 2.45) is 17.3 Å². The first kappa shape index (κ1) is 37.6. The highest BCUT2D eigenvalue weighted by Gasteiger charge is 2.36. The number of benzene rings is 1. The maximum Gasteiger partial charge on any atom is 0.271 e. The van der Waals surface area contributed by atoms with E-state index in [9.17, 15) is 19.2 Å². The molecule has 0 saturated carbocycles. The SMILES string of the molecule is COCC(C)(C)C(=O)N1CC(=O)N[C@@H](CC(C)C)c2nc(cs2)C(=O)N[C@@H](Cc2ccccc2)c2nc(C)nn2CC(=O)N[C@@H](C(C)C)C1. The zero-order valence-electron chi connectivity index (χ0n) is 29.8. The van der Waals surface area contributed by atoms with Gasteiger partial charge in [0, 0.05) is 25.1 Å². The summed E-state index contributed by atoms with van der Waals surface area (Å²) in [5.74, 6) is -0.380. The summed E-state index contributed by atoms with van der Waals surface area (Å²) in [6.07, 6.45) is 0.978. The Morgan fingerprint density at radius 1 is 1.00 bits per heavy atom. The molecule has 1 aliphatic rings. The smallest absolute Gasteiger partial charge is 0.271 e. The van der Waals surface area contributed by atoms with Gasteiger partial charge in [-0.05, 0) is 51.0 Å². The molecular formula is C35H50N8O5S. The number of hydrogen-bond donors (Lipinski definition) is 3. The number of amides is 4. The van der Waals surface area contributed by atoms with Crippen LogP contribution in [-0.4, -0.2) is 81.1 Å². The molecule has 3 heterocycles. The molecule has 4 amide bonds. The van der Waals surface area contributed by atoms with Crippen molar-refractivity contribution in [1.29, 1.82) is 0 Å². The molecule has 3 atom stereocenters. The van der Waals surface area contributed by atoms with Gasteiger partial charge in [-0.2, -0.15) is 5.10 Å².